The number of nitrogens with zero attached hydrogens (tertiary/aromatic N) is 1. The van der Waals surface area contributed by atoms with Gasteiger partial charge in [-0.05, 0) is 20.3 Å². The molecule has 0 rings (SSSR count). The average Bonchev–Trinajstić information content (AvgIpc) is 2.39. The number of hydrogen-bond acceptors (Lipinski definition) is 5. The van der Waals surface area contributed by atoms with Crippen molar-refractivity contribution < 1.29 is 14.3 Å². The van der Waals surface area contributed by atoms with E-state index in [1.54, 1.807) is 14.2 Å². The summed E-state index contributed by atoms with van der Waals surface area (Å²) in [5.74, 6) is 0.0459. The minimum atomic E-state index is 0.0424. The van der Waals surface area contributed by atoms with Gasteiger partial charge in [0.15, 0.2) is 0 Å². The number of amides is 1. The van der Waals surface area contributed by atoms with E-state index in [4.69, 9.17) is 15.2 Å². The maximum absolute atomic E-state index is 11.9. The molecule has 0 aliphatic heterocycles. The van der Waals surface area contributed by atoms with Crippen molar-refractivity contribution in [2.45, 2.75) is 38.8 Å². The fourth-order valence-electron chi connectivity index (χ4n) is 2.05. The Morgan fingerprint density at radius 2 is 1.85 bits per heavy atom. The van der Waals surface area contributed by atoms with Crippen molar-refractivity contribution in [2.24, 2.45) is 5.73 Å². The van der Waals surface area contributed by atoms with Gasteiger partial charge in [-0.1, -0.05) is 0 Å². The lowest BCUT2D eigenvalue weighted by atomic mass is 10.1. The topological polar surface area (TPSA) is 76.8 Å². The Hall–Kier alpha value is -0.690. The molecule has 0 radical (unpaired) electrons. The van der Waals surface area contributed by atoms with Gasteiger partial charge in [0.1, 0.15) is 0 Å². The van der Waals surface area contributed by atoms with Crippen LogP contribution in [0.5, 0.6) is 0 Å². The van der Waals surface area contributed by atoms with Crippen LogP contribution in [0.1, 0.15) is 26.7 Å². The summed E-state index contributed by atoms with van der Waals surface area (Å²) in [4.78, 5) is 14.1. The molecule has 120 valence electrons. The lowest BCUT2D eigenvalue weighted by Gasteiger charge is -2.30. The molecular formula is C14H31N3O3. The van der Waals surface area contributed by atoms with Crippen LogP contribution in [0.3, 0.4) is 0 Å². The second-order valence-electron chi connectivity index (χ2n) is 5.19. The first-order valence-electron chi connectivity index (χ1n) is 7.26. The maximum Gasteiger partial charge on any atom is 0.221 e. The quantitative estimate of drug-likeness (QED) is 0.502. The van der Waals surface area contributed by atoms with E-state index in [-0.39, 0.29) is 18.0 Å². The van der Waals surface area contributed by atoms with Crippen LogP contribution in [0, 0.1) is 0 Å². The highest BCUT2D eigenvalue weighted by Crippen LogP contribution is 2.05. The molecule has 1 atom stereocenters. The van der Waals surface area contributed by atoms with Crippen LogP contribution in [0.4, 0.5) is 0 Å². The molecule has 0 saturated carbocycles. The molecule has 0 aliphatic carbocycles. The third kappa shape index (κ3) is 9.25. The number of hydrogen-bond donors (Lipinski definition) is 2. The molecule has 0 spiro atoms. The van der Waals surface area contributed by atoms with Crippen molar-refractivity contribution in [1.82, 2.24) is 10.2 Å². The van der Waals surface area contributed by atoms with Gasteiger partial charge in [-0.15, -0.1) is 0 Å². The summed E-state index contributed by atoms with van der Waals surface area (Å²) in [7, 11) is 3.37. The van der Waals surface area contributed by atoms with Crippen molar-refractivity contribution in [2.75, 3.05) is 47.1 Å². The van der Waals surface area contributed by atoms with Gasteiger partial charge < -0.3 is 20.5 Å². The molecule has 0 fully saturated rings. The fourth-order valence-corrected chi connectivity index (χ4v) is 2.05. The van der Waals surface area contributed by atoms with Crippen molar-refractivity contribution in [3.05, 3.63) is 0 Å². The predicted octanol–water partition coefficient (Wildman–Crippen LogP) is 0.213. The minimum Gasteiger partial charge on any atom is -0.385 e. The third-order valence-electron chi connectivity index (χ3n) is 3.04. The minimum absolute atomic E-state index is 0.0424. The molecule has 0 aliphatic rings. The summed E-state index contributed by atoms with van der Waals surface area (Å²) in [6.45, 7) is 7.34. The van der Waals surface area contributed by atoms with Crippen LogP contribution < -0.4 is 11.1 Å². The summed E-state index contributed by atoms with van der Waals surface area (Å²) >= 11 is 0. The second kappa shape index (κ2) is 12.1. The number of nitrogens with one attached hydrogen (secondary N) is 1. The Balaban J connectivity index is 4.41. The summed E-state index contributed by atoms with van der Waals surface area (Å²) in [6.07, 6.45) is 1.34. The van der Waals surface area contributed by atoms with Crippen LogP contribution in [-0.4, -0.2) is 70.0 Å². The van der Waals surface area contributed by atoms with Crippen molar-refractivity contribution in [3.63, 3.8) is 0 Å². The zero-order valence-electron chi connectivity index (χ0n) is 13.4. The van der Waals surface area contributed by atoms with Gasteiger partial charge in [0.25, 0.3) is 0 Å². The highest BCUT2D eigenvalue weighted by Gasteiger charge is 2.20. The van der Waals surface area contributed by atoms with Crippen LogP contribution in [-0.2, 0) is 14.3 Å². The Morgan fingerprint density at radius 1 is 1.20 bits per heavy atom. The Morgan fingerprint density at radius 3 is 2.35 bits per heavy atom. The number of methoxy groups -OCH3 is 2. The molecule has 0 heterocycles. The highest BCUT2D eigenvalue weighted by molar-refractivity contribution is 5.76. The lowest BCUT2D eigenvalue weighted by molar-refractivity contribution is -0.122. The molecule has 1 amide bonds. The molecule has 0 aromatic rings. The second-order valence-corrected chi connectivity index (χ2v) is 5.19. The van der Waals surface area contributed by atoms with Crippen molar-refractivity contribution >= 4 is 5.91 Å². The van der Waals surface area contributed by atoms with Gasteiger partial charge in [0.05, 0.1) is 6.61 Å². The molecule has 0 aromatic heterocycles. The van der Waals surface area contributed by atoms with Crippen molar-refractivity contribution in [1.29, 1.82) is 0 Å². The molecule has 0 bridgehead atoms. The number of carbonyl (C=O) groups is 1. The largest absolute Gasteiger partial charge is 0.385 e. The van der Waals surface area contributed by atoms with E-state index < -0.39 is 0 Å². The molecule has 0 saturated heterocycles. The predicted molar refractivity (Wildman–Crippen MR) is 80.7 cm³/mol. The highest BCUT2D eigenvalue weighted by atomic mass is 16.5. The van der Waals surface area contributed by atoms with Crippen LogP contribution >= 0.6 is 0 Å². The van der Waals surface area contributed by atoms with E-state index in [2.05, 4.69) is 10.2 Å². The Labute approximate surface area is 123 Å². The zero-order valence-corrected chi connectivity index (χ0v) is 13.4. The van der Waals surface area contributed by atoms with Gasteiger partial charge in [-0.25, -0.2) is 0 Å². The van der Waals surface area contributed by atoms with Gasteiger partial charge in [-0.3, -0.25) is 9.69 Å². The SMILES string of the molecule is COCCCN(CCOC)C(CN)CC(=O)NC(C)C. The van der Waals surface area contributed by atoms with Gasteiger partial charge in [0.2, 0.25) is 5.91 Å². The van der Waals surface area contributed by atoms with Crippen LogP contribution in [0.25, 0.3) is 0 Å². The number of carbonyl (C=O) groups excluding carboxylic acids is 1. The van der Waals surface area contributed by atoms with Crippen molar-refractivity contribution in [3.8, 4) is 0 Å². The van der Waals surface area contributed by atoms with Crippen LogP contribution in [0.15, 0.2) is 0 Å². The number of nitrogens with two attached hydrogens (primary N) is 1. The molecule has 20 heavy (non-hydrogen) atoms. The van der Waals surface area contributed by atoms with E-state index in [1.807, 2.05) is 13.8 Å². The first-order valence-corrected chi connectivity index (χ1v) is 7.26. The number of ether oxygens (including phenoxy) is 2. The van der Waals surface area contributed by atoms with Crippen LogP contribution in [0.2, 0.25) is 0 Å². The molecule has 3 N–H and O–H groups in total. The number of rotatable bonds is 12. The smallest absolute Gasteiger partial charge is 0.221 e. The van der Waals surface area contributed by atoms with Gasteiger partial charge in [0, 0.05) is 59.0 Å². The monoisotopic (exact) mass is 289 g/mol. The standard InChI is InChI=1S/C14H31N3O3/c1-12(2)16-14(18)10-13(11-15)17(7-9-20-4)6-5-8-19-3/h12-13H,5-11,15H2,1-4H3,(H,16,18). The molecule has 6 heteroatoms. The summed E-state index contributed by atoms with van der Waals surface area (Å²) < 4.78 is 10.2. The molecule has 6 nitrogen and oxygen atoms in total. The van der Waals surface area contributed by atoms with E-state index in [1.165, 1.54) is 0 Å². The van der Waals surface area contributed by atoms with Gasteiger partial charge in [-0.2, -0.15) is 0 Å². The van der Waals surface area contributed by atoms with E-state index in [9.17, 15) is 4.79 Å². The fraction of sp³-hybridized carbons (Fsp3) is 0.929. The molecular weight excluding hydrogens is 258 g/mol. The zero-order chi connectivity index (χ0) is 15.4. The van der Waals surface area contributed by atoms with E-state index in [0.29, 0.717) is 26.2 Å². The summed E-state index contributed by atoms with van der Waals surface area (Å²) in [6, 6.07) is 0.197. The van der Waals surface area contributed by atoms with E-state index >= 15 is 0 Å². The van der Waals surface area contributed by atoms with E-state index in [0.717, 1.165) is 19.5 Å². The van der Waals surface area contributed by atoms with Gasteiger partial charge >= 0.3 is 0 Å². The summed E-state index contributed by atoms with van der Waals surface area (Å²) in [5.41, 5.74) is 5.84. The maximum atomic E-state index is 11.9. The Bertz CT molecular complexity index is 250. The summed E-state index contributed by atoms with van der Waals surface area (Å²) in [5, 5.41) is 2.91. The first-order chi connectivity index (χ1) is 9.54. The average molecular weight is 289 g/mol. The molecule has 1 unspecified atom stereocenters. The normalized spacial score (nSPS) is 12.9. The molecule has 0 aromatic carbocycles. The lowest BCUT2D eigenvalue weighted by Crippen LogP contribution is -2.46. The Kier molecular flexibility index (Phi) is 11.7. The third-order valence-corrected chi connectivity index (χ3v) is 3.04. The first kappa shape index (κ1) is 19.3.